The summed E-state index contributed by atoms with van der Waals surface area (Å²) in [5.41, 5.74) is 1.79. The predicted octanol–water partition coefficient (Wildman–Crippen LogP) is 1.78. The maximum atomic E-state index is 12.6. The fraction of sp³-hybridized carbons (Fsp3) is 0.300. The van der Waals surface area contributed by atoms with Crippen molar-refractivity contribution < 1.29 is 9.21 Å². The number of hydrogen-bond acceptors (Lipinski definition) is 7. The molecule has 29 heavy (non-hydrogen) atoms. The molecule has 0 N–H and O–H groups in total. The molecule has 1 aromatic carbocycles. The Morgan fingerprint density at radius 1 is 1.17 bits per heavy atom. The molecule has 1 fully saturated rings. The van der Waals surface area contributed by atoms with Crippen molar-refractivity contribution in [2.75, 3.05) is 26.2 Å². The van der Waals surface area contributed by atoms with Crippen LogP contribution in [0.5, 0.6) is 0 Å². The quantitative estimate of drug-likeness (QED) is 0.637. The van der Waals surface area contributed by atoms with Gasteiger partial charge in [0.25, 0.3) is 5.89 Å². The lowest BCUT2D eigenvalue weighted by molar-refractivity contribution is -0.134. The van der Waals surface area contributed by atoms with Crippen LogP contribution in [-0.4, -0.2) is 51.7 Å². The van der Waals surface area contributed by atoms with E-state index in [2.05, 4.69) is 16.1 Å². The fourth-order valence-corrected chi connectivity index (χ4v) is 3.88. The van der Waals surface area contributed by atoms with Gasteiger partial charge in [-0.3, -0.25) is 9.69 Å². The normalized spacial score (nSPS) is 14.7. The first-order chi connectivity index (χ1) is 14.1. The topological polar surface area (TPSA) is 95.4 Å². The molecule has 1 aliphatic rings. The van der Waals surface area contributed by atoms with Gasteiger partial charge in [0.1, 0.15) is 6.54 Å². The number of carbonyl (C=O) groups excluding carboxylic acids is 1. The van der Waals surface area contributed by atoms with Gasteiger partial charge < -0.3 is 9.32 Å². The van der Waals surface area contributed by atoms with Crippen LogP contribution < -0.4 is 5.76 Å². The lowest BCUT2D eigenvalue weighted by Gasteiger charge is -2.34. The Morgan fingerprint density at radius 3 is 2.59 bits per heavy atom. The van der Waals surface area contributed by atoms with Gasteiger partial charge in [0.2, 0.25) is 5.91 Å². The molecular weight excluding hydrogens is 390 g/mol. The summed E-state index contributed by atoms with van der Waals surface area (Å²) in [6, 6.07) is 13.3. The highest BCUT2D eigenvalue weighted by Gasteiger charge is 2.23. The molecule has 3 aromatic rings. The number of amides is 1. The van der Waals surface area contributed by atoms with Crippen LogP contribution >= 0.6 is 11.3 Å². The summed E-state index contributed by atoms with van der Waals surface area (Å²) in [6.07, 6.45) is 0. The van der Waals surface area contributed by atoms with E-state index < -0.39 is 5.76 Å². The second kappa shape index (κ2) is 8.43. The summed E-state index contributed by atoms with van der Waals surface area (Å²) in [5.74, 6) is -0.526. The molecule has 8 nitrogen and oxygen atoms in total. The van der Waals surface area contributed by atoms with Crippen molar-refractivity contribution in [3.63, 3.8) is 0 Å². The summed E-state index contributed by atoms with van der Waals surface area (Å²) in [7, 11) is 0. The van der Waals surface area contributed by atoms with Crippen LogP contribution in [0.3, 0.4) is 0 Å². The number of aromatic nitrogens is 2. The minimum atomic E-state index is -0.624. The van der Waals surface area contributed by atoms with E-state index in [4.69, 9.17) is 9.68 Å². The van der Waals surface area contributed by atoms with Gasteiger partial charge in [-0.05, 0) is 29.1 Å². The molecule has 0 atom stereocenters. The maximum absolute atomic E-state index is 12.6. The van der Waals surface area contributed by atoms with Crippen LogP contribution in [0.25, 0.3) is 10.8 Å². The zero-order valence-corrected chi connectivity index (χ0v) is 16.5. The van der Waals surface area contributed by atoms with Gasteiger partial charge in [-0.1, -0.05) is 18.2 Å². The molecule has 1 saturated heterocycles. The van der Waals surface area contributed by atoms with E-state index in [0.29, 0.717) is 18.7 Å². The molecule has 0 spiro atoms. The number of hydrogen-bond donors (Lipinski definition) is 0. The molecule has 0 unspecified atom stereocenters. The Balaban J connectivity index is 1.31. The highest BCUT2D eigenvalue weighted by Crippen LogP contribution is 2.21. The lowest BCUT2D eigenvalue weighted by atomic mass is 10.1. The summed E-state index contributed by atoms with van der Waals surface area (Å²) in [4.78, 5) is 29.4. The number of piperazine rings is 1. The first kappa shape index (κ1) is 19.1. The summed E-state index contributed by atoms with van der Waals surface area (Å²) in [5, 5.41) is 14.9. The number of benzene rings is 1. The van der Waals surface area contributed by atoms with Crippen LogP contribution in [0.1, 0.15) is 11.1 Å². The highest BCUT2D eigenvalue weighted by atomic mass is 32.1. The molecule has 4 rings (SSSR count). The molecule has 0 bridgehead atoms. The molecule has 3 heterocycles. The second-order valence-corrected chi connectivity index (χ2v) is 7.72. The Bertz CT molecular complexity index is 1070. The summed E-state index contributed by atoms with van der Waals surface area (Å²) >= 11 is 1.42. The maximum Gasteiger partial charge on any atom is 0.437 e. The standard InChI is InChI=1S/C20H19N5O3S/c21-12-15-3-5-16(6-4-15)13-23-7-9-24(10-8-23)18(26)14-25-20(27)28-19(22-25)17-2-1-11-29-17/h1-6,11H,7-10,13-14H2. The average Bonchev–Trinajstić information content (AvgIpc) is 3.39. The summed E-state index contributed by atoms with van der Waals surface area (Å²) in [6.45, 7) is 3.35. The van der Waals surface area contributed by atoms with Gasteiger partial charge in [0, 0.05) is 32.7 Å². The van der Waals surface area contributed by atoms with Crippen LogP contribution in [0, 0.1) is 11.3 Å². The van der Waals surface area contributed by atoms with Crippen LogP contribution in [0.2, 0.25) is 0 Å². The fourth-order valence-electron chi connectivity index (χ4n) is 3.23. The van der Waals surface area contributed by atoms with E-state index in [1.54, 1.807) is 4.90 Å². The van der Waals surface area contributed by atoms with E-state index >= 15 is 0 Å². The molecule has 148 valence electrons. The van der Waals surface area contributed by atoms with Gasteiger partial charge in [-0.25, -0.2) is 4.79 Å². The minimum Gasteiger partial charge on any atom is -0.387 e. The average molecular weight is 409 g/mol. The molecule has 2 aromatic heterocycles. The minimum absolute atomic E-state index is 0.122. The van der Waals surface area contributed by atoms with Crippen LogP contribution in [-0.2, 0) is 17.9 Å². The number of nitrogens with zero attached hydrogens (tertiary/aromatic N) is 5. The molecule has 1 amide bonds. The molecular formula is C20H19N5O3S. The molecule has 1 aliphatic heterocycles. The first-order valence-corrected chi connectivity index (χ1v) is 10.1. The second-order valence-electron chi connectivity index (χ2n) is 6.77. The zero-order chi connectivity index (χ0) is 20.2. The van der Waals surface area contributed by atoms with Crippen LogP contribution in [0.4, 0.5) is 0 Å². The van der Waals surface area contributed by atoms with Gasteiger partial charge >= 0.3 is 5.76 Å². The number of carbonyl (C=O) groups is 1. The molecule has 0 radical (unpaired) electrons. The third kappa shape index (κ3) is 4.45. The molecule has 0 aliphatic carbocycles. The van der Waals surface area contributed by atoms with Crippen LogP contribution in [0.15, 0.2) is 51.0 Å². The van der Waals surface area contributed by atoms with Crippen molar-refractivity contribution in [1.82, 2.24) is 19.6 Å². The van der Waals surface area contributed by atoms with E-state index in [-0.39, 0.29) is 18.3 Å². The third-order valence-corrected chi connectivity index (χ3v) is 5.70. The van der Waals surface area contributed by atoms with Crippen molar-refractivity contribution in [3.8, 4) is 16.8 Å². The van der Waals surface area contributed by atoms with E-state index in [9.17, 15) is 9.59 Å². The van der Waals surface area contributed by atoms with Gasteiger partial charge in [-0.15, -0.1) is 16.4 Å². The van der Waals surface area contributed by atoms with Crippen molar-refractivity contribution in [3.05, 3.63) is 63.5 Å². The van der Waals surface area contributed by atoms with Gasteiger partial charge in [0.05, 0.1) is 16.5 Å². The van der Waals surface area contributed by atoms with Gasteiger partial charge in [0.15, 0.2) is 0 Å². The smallest absolute Gasteiger partial charge is 0.387 e. The van der Waals surface area contributed by atoms with Crippen molar-refractivity contribution >= 4 is 17.2 Å². The summed E-state index contributed by atoms with van der Waals surface area (Å²) < 4.78 is 6.24. The third-order valence-electron chi connectivity index (χ3n) is 4.84. The van der Waals surface area contributed by atoms with Gasteiger partial charge in [-0.2, -0.15) is 9.94 Å². The Labute approximate surface area is 171 Å². The van der Waals surface area contributed by atoms with E-state index in [1.807, 2.05) is 41.8 Å². The SMILES string of the molecule is N#Cc1ccc(CN2CCN(C(=O)Cn3nc(-c4cccs4)oc3=O)CC2)cc1. The van der Waals surface area contributed by atoms with E-state index in [0.717, 1.165) is 34.8 Å². The molecule has 0 saturated carbocycles. The van der Waals surface area contributed by atoms with E-state index in [1.165, 1.54) is 11.3 Å². The molecule has 9 heteroatoms. The highest BCUT2D eigenvalue weighted by molar-refractivity contribution is 7.13. The zero-order valence-electron chi connectivity index (χ0n) is 15.7. The van der Waals surface area contributed by atoms with Crippen molar-refractivity contribution in [1.29, 1.82) is 5.26 Å². The predicted molar refractivity (Wildman–Crippen MR) is 107 cm³/mol. The Hall–Kier alpha value is -3.22. The number of thiophene rings is 1. The Morgan fingerprint density at radius 2 is 1.93 bits per heavy atom. The van der Waals surface area contributed by atoms with Crippen molar-refractivity contribution in [2.24, 2.45) is 0 Å². The monoisotopic (exact) mass is 409 g/mol. The first-order valence-electron chi connectivity index (χ1n) is 9.23. The Kier molecular flexibility index (Phi) is 5.55. The number of rotatable bonds is 5. The number of nitriles is 1. The lowest BCUT2D eigenvalue weighted by Crippen LogP contribution is -2.49. The largest absolute Gasteiger partial charge is 0.437 e. The van der Waals surface area contributed by atoms with Crippen molar-refractivity contribution in [2.45, 2.75) is 13.1 Å².